The molecule has 0 aromatic heterocycles. The van der Waals surface area contributed by atoms with Crippen LogP contribution in [-0.4, -0.2) is 44.9 Å². The molecule has 0 atom stereocenters. The molecule has 1 N–H and O–H groups in total. The van der Waals surface area contributed by atoms with Crippen LogP contribution in [0.25, 0.3) is 0 Å². The van der Waals surface area contributed by atoms with Crippen LogP contribution in [0.2, 0.25) is 0 Å². The van der Waals surface area contributed by atoms with Gasteiger partial charge in [0.1, 0.15) is 0 Å². The first-order valence-electron chi connectivity index (χ1n) is 8.77. The van der Waals surface area contributed by atoms with Gasteiger partial charge >= 0.3 is 6.18 Å². The first kappa shape index (κ1) is 21.3. The molecule has 1 fully saturated rings. The Bertz CT molecular complexity index is 1020. The second kappa shape index (κ2) is 8.13. The minimum Gasteiger partial charge on any atom is -0.379 e. The van der Waals surface area contributed by atoms with Gasteiger partial charge in [0.25, 0.3) is 5.91 Å². The van der Waals surface area contributed by atoms with Gasteiger partial charge in [-0.1, -0.05) is 18.2 Å². The van der Waals surface area contributed by atoms with Crippen LogP contribution in [-0.2, 0) is 20.9 Å². The number of amides is 1. The number of rotatable bonds is 4. The van der Waals surface area contributed by atoms with Gasteiger partial charge in [0.05, 0.1) is 29.4 Å². The number of alkyl halides is 3. The second-order valence-corrected chi connectivity index (χ2v) is 8.40. The number of carbonyl (C=O) groups excluding carboxylic acids is 1. The molecule has 0 saturated carbocycles. The van der Waals surface area contributed by atoms with Crippen molar-refractivity contribution in [2.45, 2.75) is 18.0 Å². The number of halogens is 3. The summed E-state index contributed by atoms with van der Waals surface area (Å²) in [6, 6.07) is 8.60. The SMILES string of the molecule is Cc1ccc(C(=O)Nc2ccccc2C(F)(F)F)cc1S(=O)(=O)N1CCOCC1. The summed E-state index contributed by atoms with van der Waals surface area (Å²) in [4.78, 5) is 12.5. The van der Waals surface area contributed by atoms with Crippen molar-refractivity contribution in [3.63, 3.8) is 0 Å². The first-order valence-corrected chi connectivity index (χ1v) is 10.2. The molecule has 2 aromatic rings. The van der Waals surface area contributed by atoms with Crippen molar-refractivity contribution >= 4 is 21.6 Å². The van der Waals surface area contributed by atoms with Gasteiger partial charge in [-0.15, -0.1) is 0 Å². The molecular formula is C19H19F3N2O4S. The maximum Gasteiger partial charge on any atom is 0.418 e. The van der Waals surface area contributed by atoms with Crippen molar-refractivity contribution < 1.29 is 31.1 Å². The normalized spacial score (nSPS) is 15.9. The van der Waals surface area contributed by atoms with Crippen molar-refractivity contribution in [2.75, 3.05) is 31.6 Å². The number of sulfonamides is 1. The summed E-state index contributed by atoms with van der Waals surface area (Å²) in [7, 11) is -3.86. The Labute approximate surface area is 166 Å². The highest BCUT2D eigenvalue weighted by molar-refractivity contribution is 7.89. The Morgan fingerprint density at radius 1 is 1.10 bits per heavy atom. The van der Waals surface area contributed by atoms with Gasteiger partial charge < -0.3 is 10.1 Å². The maximum absolute atomic E-state index is 13.1. The average molecular weight is 428 g/mol. The van der Waals surface area contributed by atoms with E-state index in [1.54, 1.807) is 6.92 Å². The topological polar surface area (TPSA) is 75.7 Å². The van der Waals surface area contributed by atoms with Crippen molar-refractivity contribution in [1.29, 1.82) is 0 Å². The number of carbonyl (C=O) groups is 1. The molecule has 156 valence electrons. The van der Waals surface area contributed by atoms with Gasteiger partial charge in [-0.05, 0) is 36.8 Å². The highest BCUT2D eigenvalue weighted by Crippen LogP contribution is 2.34. The minimum absolute atomic E-state index is 0.0561. The molecule has 1 heterocycles. The fourth-order valence-electron chi connectivity index (χ4n) is 2.98. The summed E-state index contributed by atoms with van der Waals surface area (Å²) in [5.74, 6) is -0.833. The third-order valence-corrected chi connectivity index (χ3v) is 6.56. The van der Waals surface area contributed by atoms with Gasteiger partial charge in [0.2, 0.25) is 10.0 Å². The lowest BCUT2D eigenvalue weighted by Gasteiger charge is -2.26. The Balaban J connectivity index is 1.91. The summed E-state index contributed by atoms with van der Waals surface area (Å²) < 4.78 is 71.7. The number of nitrogens with one attached hydrogen (secondary N) is 1. The largest absolute Gasteiger partial charge is 0.418 e. The average Bonchev–Trinajstić information content (AvgIpc) is 2.68. The number of anilines is 1. The Morgan fingerprint density at radius 2 is 1.76 bits per heavy atom. The Hall–Kier alpha value is -2.43. The predicted molar refractivity (Wildman–Crippen MR) is 100 cm³/mol. The van der Waals surface area contributed by atoms with E-state index in [0.29, 0.717) is 5.56 Å². The molecule has 0 aliphatic carbocycles. The molecule has 29 heavy (non-hydrogen) atoms. The zero-order chi connectivity index (χ0) is 21.2. The van der Waals surface area contributed by atoms with Gasteiger partial charge in [-0.3, -0.25) is 4.79 Å². The van der Waals surface area contributed by atoms with Gasteiger partial charge in [-0.2, -0.15) is 17.5 Å². The lowest BCUT2D eigenvalue weighted by molar-refractivity contribution is -0.136. The van der Waals surface area contributed by atoms with Crippen LogP contribution in [0.4, 0.5) is 18.9 Å². The van der Waals surface area contributed by atoms with Crippen LogP contribution in [0.5, 0.6) is 0 Å². The maximum atomic E-state index is 13.1. The first-order chi connectivity index (χ1) is 13.6. The van der Waals surface area contributed by atoms with Crippen molar-refractivity contribution in [3.05, 3.63) is 59.2 Å². The van der Waals surface area contributed by atoms with Gasteiger partial charge in [0, 0.05) is 18.7 Å². The Kier molecular flexibility index (Phi) is 5.97. The van der Waals surface area contributed by atoms with Gasteiger partial charge in [-0.25, -0.2) is 8.42 Å². The molecule has 1 saturated heterocycles. The third kappa shape index (κ3) is 4.60. The smallest absolute Gasteiger partial charge is 0.379 e. The van der Waals surface area contributed by atoms with Crippen LogP contribution in [0, 0.1) is 6.92 Å². The van der Waals surface area contributed by atoms with E-state index in [2.05, 4.69) is 5.32 Å². The van der Waals surface area contributed by atoms with E-state index in [-0.39, 0.29) is 36.8 Å². The standard InChI is InChI=1S/C19H19F3N2O4S/c1-13-6-7-14(12-17(13)29(26,27)24-8-10-28-11-9-24)18(25)23-16-5-3-2-4-15(16)19(20,21)22/h2-7,12H,8-11H2,1H3,(H,23,25). The number of nitrogens with zero attached hydrogens (tertiary/aromatic N) is 1. The molecule has 6 nitrogen and oxygen atoms in total. The van der Waals surface area contributed by atoms with E-state index in [0.717, 1.165) is 12.1 Å². The predicted octanol–water partition coefficient (Wildman–Crippen LogP) is 3.29. The third-order valence-electron chi connectivity index (χ3n) is 4.52. The van der Waals surface area contributed by atoms with Crippen LogP contribution in [0.1, 0.15) is 21.5 Å². The Morgan fingerprint density at radius 3 is 2.41 bits per heavy atom. The van der Waals surface area contributed by atoms with Crippen molar-refractivity contribution in [1.82, 2.24) is 4.31 Å². The van der Waals surface area contributed by atoms with Crippen LogP contribution >= 0.6 is 0 Å². The molecule has 0 radical (unpaired) electrons. The number of aryl methyl sites for hydroxylation is 1. The number of hydrogen-bond donors (Lipinski definition) is 1. The molecule has 10 heteroatoms. The summed E-state index contributed by atoms with van der Waals surface area (Å²) in [5.41, 5.74) is -1.01. The molecule has 3 rings (SSSR count). The number of benzene rings is 2. The van der Waals surface area contributed by atoms with Crippen LogP contribution in [0.3, 0.4) is 0 Å². The summed E-state index contributed by atoms with van der Waals surface area (Å²) in [6.07, 6.45) is -4.64. The monoisotopic (exact) mass is 428 g/mol. The van der Waals surface area contributed by atoms with E-state index in [1.807, 2.05) is 0 Å². The molecule has 0 bridgehead atoms. The van der Waals surface area contributed by atoms with Crippen molar-refractivity contribution in [3.8, 4) is 0 Å². The summed E-state index contributed by atoms with van der Waals surface area (Å²) >= 11 is 0. The highest BCUT2D eigenvalue weighted by Gasteiger charge is 2.34. The molecule has 0 unspecified atom stereocenters. The molecule has 1 aliphatic heterocycles. The molecule has 1 amide bonds. The second-order valence-electron chi connectivity index (χ2n) is 6.49. The van der Waals surface area contributed by atoms with Crippen LogP contribution < -0.4 is 5.32 Å². The molecule has 0 spiro atoms. The molecule has 1 aliphatic rings. The minimum atomic E-state index is -4.64. The number of para-hydroxylation sites is 1. The van der Waals surface area contributed by atoms with E-state index >= 15 is 0 Å². The number of ether oxygens (including phenoxy) is 1. The van der Waals surface area contributed by atoms with E-state index in [9.17, 15) is 26.4 Å². The lowest BCUT2D eigenvalue weighted by Crippen LogP contribution is -2.40. The zero-order valence-corrected chi connectivity index (χ0v) is 16.3. The highest BCUT2D eigenvalue weighted by atomic mass is 32.2. The van der Waals surface area contributed by atoms with Crippen molar-refractivity contribution in [2.24, 2.45) is 0 Å². The zero-order valence-electron chi connectivity index (χ0n) is 15.5. The fraction of sp³-hybridized carbons (Fsp3) is 0.316. The lowest BCUT2D eigenvalue weighted by atomic mass is 10.1. The van der Waals surface area contributed by atoms with E-state index in [4.69, 9.17) is 4.74 Å². The van der Waals surface area contributed by atoms with E-state index < -0.39 is 33.4 Å². The summed E-state index contributed by atoms with van der Waals surface area (Å²) in [6.45, 7) is 2.52. The van der Waals surface area contributed by atoms with E-state index in [1.165, 1.54) is 34.6 Å². The molecule has 2 aromatic carbocycles. The van der Waals surface area contributed by atoms with Gasteiger partial charge in [0.15, 0.2) is 0 Å². The fourth-order valence-corrected chi connectivity index (χ4v) is 4.64. The summed E-state index contributed by atoms with van der Waals surface area (Å²) in [5, 5.41) is 2.22. The number of morpholine rings is 1. The quantitative estimate of drug-likeness (QED) is 0.811. The van der Waals surface area contributed by atoms with Crippen LogP contribution in [0.15, 0.2) is 47.4 Å². The molecular weight excluding hydrogens is 409 g/mol. The number of hydrogen-bond acceptors (Lipinski definition) is 4.